The van der Waals surface area contributed by atoms with Crippen LogP contribution >= 0.6 is 35.6 Å². The van der Waals surface area contributed by atoms with Crippen LogP contribution in [0.5, 0.6) is 0 Å². The third kappa shape index (κ3) is 5.21. The van der Waals surface area contributed by atoms with Gasteiger partial charge in [-0.15, -0.1) is 12.4 Å². The molecule has 1 saturated heterocycles. The van der Waals surface area contributed by atoms with E-state index in [0.717, 1.165) is 6.42 Å². The average Bonchev–Trinajstić information content (AvgIpc) is 2.56. The van der Waals surface area contributed by atoms with Gasteiger partial charge in [0, 0.05) is 31.2 Å². The number of sulfonamides is 1. The zero-order valence-corrected chi connectivity index (χ0v) is 17.0. The van der Waals surface area contributed by atoms with Crippen LogP contribution in [0.2, 0.25) is 10.0 Å². The van der Waals surface area contributed by atoms with E-state index >= 15 is 0 Å². The average molecular weight is 431 g/mol. The number of hydrogen-bond donors (Lipinski definition) is 1. The summed E-state index contributed by atoms with van der Waals surface area (Å²) in [5, 5.41) is 0.431. The Bertz CT molecular complexity index is 707. The van der Waals surface area contributed by atoms with Crippen molar-refractivity contribution in [1.29, 1.82) is 0 Å². The van der Waals surface area contributed by atoms with E-state index in [1.807, 2.05) is 6.92 Å². The van der Waals surface area contributed by atoms with Gasteiger partial charge in [0.15, 0.2) is 0 Å². The Balaban J connectivity index is 0.00000312. The molecule has 0 aliphatic carbocycles. The number of amides is 1. The second-order valence-electron chi connectivity index (χ2n) is 5.70. The first kappa shape index (κ1) is 22.5. The highest BCUT2D eigenvalue weighted by molar-refractivity contribution is 7.89. The number of nitrogens with zero attached hydrogens (tertiary/aromatic N) is 2. The smallest absolute Gasteiger partial charge is 0.244 e. The molecule has 0 saturated carbocycles. The second kappa shape index (κ2) is 9.39. The summed E-state index contributed by atoms with van der Waals surface area (Å²) in [4.78, 5) is 13.8. The Morgan fingerprint density at radius 2 is 1.84 bits per heavy atom. The van der Waals surface area contributed by atoms with Crippen LogP contribution in [-0.4, -0.2) is 55.8 Å². The Labute approximate surface area is 164 Å². The first-order chi connectivity index (χ1) is 11.3. The first-order valence-electron chi connectivity index (χ1n) is 7.77. The van der Waals surface area contributed by atoms with Crippen molar-refractivity contribution < 1.29 is 13.2 Å². The number of rotatable bonds is 5. The summed E-state index contributed by atoms with van der Waals surface area (Å²) < 4.78 is 26.8. The van der Waals surface area contributed by atoms with Crippen molar-refractivity contribution in [3.05, 3.63) is 28.2 Å². The van der Waals surface area contributed by atoms with Crippen LogP contribution in [0.25, 0.3) is 0 Å². The summed E-state index contributed by atoms with van der Waals surface area (Å²) in [5.41, 5.74) is 5.85. The summed E-state index contributed by atoms with van der Waals surface area (Å²) >= 11 is 11.9. The molecule has 6 nitrogen and oxygen atoms in total. The molecule has 1 aliphatic heterocycles. The van der Waals surface area contributed by atoms with Crippen LogP contribution in [0.15, 0.2) is 23.1 Å². The van der Waals surface area contributed by atoms with Crippen molar-refractivity contribution in [2.24, 2.45) is 5.73 Å². The third-order valence-corrected chi connectivity index (χ3v) is 6.59. The van der Waals surface area contributed by atoms with Gasteiger partial charge in [-0.2, -0.15) is 4.31 Å². The molecular weight excluding hydrogens is 409 g/mol. The molecule has 1 atom stereocenters. The van der Waals surface area contributed by atoms with E-state index in [-0.39, 0.29) is 41.3 Å². The zero-order valence-electron chi connectivity index (χ0n) is 13.8. The lowest BCUT2D eigenvalue weighted by molar-refractivity contribution is -0.133. The summed E-state index contributed by atoms with van der Waals surface area (Å²) in [6.07, 6.45) is 1.45. The highest BCUT2D eigenvalue weighted by Gasteiger charge is 2.32. The molecule has 25 heavy (non-hydrogen) atoms. The summed E-state index contributed by atoms with van der Waals surface area (Å²) in [6, 6.07) is 3.81. The molecule has 0 aromatic heterocycles. The molecule has 1 amide bonds. The van der Waals surface area contributed by atoms with Gasteiger partial charge in [-0.25, -0.2) is 8.42 Å². The fourth-order valence-corrected chi connectivity index (χ4v) is 4.79. The molecule has 0 bridgehead atoms. The van der Waals surface area contributed by atoms with Crippen molar-refractivity contribution in [1.82, 2.24) is 9.21 Å². The summed E-state index contributed by atoms with van der Waals surface area (Å²) in [6.45, 7) is 3.00. The SMILES string of the molecule is CCCC(N)C(=O)N1CCN(S(=O)(=O)c2cc(Cl)ccc2Cl)CC1.Cl. The fourth-order valence-electron chi connectivity index (χ4n) is 2.63. The maximum atomic E-state index is 12.7. The number of nitrogens with two attached hydrogens (primary N) is 1. The van der Waals surface area contributed by atoms with Crippen LogP contribution in [0, 0.1) is 0 Å². The fraction of sp³-hybridized carbons (Fsp3) is 0.533. The van der Waals surface area contributed by atoms with Gasteiger partial charge in [-0.3, -0.25) is 4.79 Å². The molecule has 2 rings (SSSR count). The molecule has 1 aromatic rings. The van der Waals surface area contributed by atoms with Crippen LogP contribution in [0.3, 0.4) is 0 Å². The maximum Gasteiger partial charge on any atom is 0.244 e. The van der Waals surface area contributed by atoms with E-state index in [4.69, 9.17) is 28.9 Å². The highest BCUT2D eigenvalue weighted by Crippen LogP contribution is 2.28. The van der Waals surface area contributed by atoms with E-state index in [0.29, 0.717) is 24.5 Å². The molecule has 1 aromatic carbocycles. The number of carbonyl (C=O) groups excluding carboxylic acids is 1. The lowest BCUT2D eigenvalue weighted by Gasteiger charge is -2.35. The van der Waals surface area contributed by atoms with Gasteiger partial charge in [-0.1, -0.05) is 36.5 Å². The van der Waals surface area contributed by atoms with Crippen LogP contribution < -0.4 is 5.73 Å². The minimum atomic E-state index is -3.75. The van der Waals surface area contributed by atoms with E-state index in [1.54, 1.807) is 4.90 Å². The quantitative estimate of drug-likeness (QED) is 0.777. The Kier molecular flexibility index (Phi) is 8.44. The lowest BCUT2D eigenvalue weighted by Crippen LogP contribution is -2.54. The summed E-state index contributed by atoms with van der Waals surface area (Å²) in [5.74, 6) is -0.130. The maximum absolute atomic E-state index is 12.7. The number of benzene rings is 1. The van der Waals surface area contributed by atoms with Gasteiger partial charge < -0.3 is 10.6 Å². The molecule has 0 spiro atoms. The Hall–Kier alpha value is -0.570. The van der Waals surface area contributed by atoms with Gasteiger partial charge in [0.1, 0.15) is 4.90 Å². The van der Waals surface area contributed by atoms with E-state index in [9.17, 15) is 13.2 Å². The Morgan fingerprint density at radius 1 is 1.24 bits per heavy atom. The minimum absolute atomic E-state index is 0. The monoisotopic (exact) mass is 429 g/mol. The van der Waals surface area contributed by atoms with Gasteiger partial charge in [0.2, 0.25) is 15.9 Å². The third-order valence-electron chi connectivity index (χ3n) is 3.98. The van der Waals surface area contributed by atoms with Crippen molar-refractivity contribution in [3.8, 4) is 0 Å². The molecular formula is C15H22Cl3N3O3S. The van der Waals surface area contributed by atoms with Crippen molar-refractivity contribution in [3.63, 3.8) is 0 Å². The predicted molar refractivity (Wildman–Crippen MR) is 102 cm³/mol. The van der Waals surface area contributed by atoms with Gasteiger partial charge >= 0.3 is 0 Å². The lowest BCUT2D eigenvalue weighted by atomic mass is 10.1. The summed E-state index contributed by atoms with van der Waals surface area (Å²) in [7, 11) is -3.75. The first-order valence-corrected chi connectivity index (χ1v) is 9.96. The predicted octanol–water partition coefficient (Wildman–Crippen LogP) is 2.38. The van der Waals surface area contributed by atoms with Crippen molar-refractivity contribution in [2.75, 3.05) is 26.2 Å². The normalized spacial score (nSPS) is 17.0. The largest absolute Gasteiger partial charge is 0.339 e. The molecule has 2 N–H and O–H groups in total. The van der Waals surface area contributed by atoms with Crippen LogP contribution in [0.1, 0.15) is 19.8 Å². The standard InChI is InChI=1S/C15H21Cl2N3O3S.ClH/c1-2-3-13(18)15(21)19-6-8-20(9-7-19)24(22,23)14-10-11(16)4-5-12(14)17;/h4-5,10,13H,2-3,6-9,18H2,1H3;1H. The zero-order chi connectivity index (χ0) is 17.9. The molecule has 142 valence electrons. The van der Waals surface area contributed by atoms with Crippen LogP contribution in [-0.2, 0) is 14.8 Å². The number of hydrogen-bond acceptors (Lipinski definition) is 4. The van der Waals surface area contributed by atoms with Crippen LogP contribution in [0.4, 0.5) is 0 Å². The topological polar surface area (TPSA) is 83.7 Å². The van der Waals surface area contributed by atoms with Gasteiger partial charge in [0.05, 0.1) is 11.1 Å². The molecule has 1 fully saturated rings. The van der Waals surface area contributed by atoms with E-state index in [1.165, 1.54) is 22.5 Å². The van der Waals surface area contributed by atoms with E-state index < -0.39 is 16.1 Å². The highest BCUT2D eigenvalue weighted by atomic mass is 35.5. The van der Waals surface area contributed by atoms with Crippen molar-refractivity contribution in [2.45, 2.75) is 30.7 Å². The number of halogens is 3. The van der Waals surface area contributed by atoms with Gasteiger partial charge in [-0.05, 0) is 24.6 Å². The minimum Gasteiger partial charge on any atom is -0.339 e. The molecule has 1 aliphatic rings. The molecule has 10 heteroatoms. The van der Waals surface area contributed by atoms with E-state index in [2.05, 4.69) is 0 Å². The Morgan fingerprint density at radius 3 is 2.40 bits per heavy atom. The molecule has 1 heterocycles. The number of carbonyl (C=O) groups is 1. The molecule has 1 unspecified atom stereocenters. The van der Waals surface area contributed by atoms with Crippen molar-refractivity contribution >= 4 is 51.5 Å². The van der Waals surface area contributed by atoms with Gasteiger partial charge in [0.25, 0.3) is 0 Å². The molecule has 0 radical (unpaired) electrons. The second-order valence-corrected chi connectivity index (χ2v) is 8.45. The number of piperazine rings is 1.